The molecule has 0 saturated carbocycles. The highest BCUT2D eigenvalue weighted by Crippen LogP contribution is 2.50. The molecule has 98 valence electrons. The summed E-state index contributed by atoms with van der Waals surface area (Å²) in [4.78, 5) is 15.6. The minimum absolute atomic E-state index is 0.261. The van der Waals surface area contributed by atoms with Crippen molar-refractivity contribution in [2.24, 2.45) is 5.84 Å². The summed E-state index contributed by atoms with van der Waals surface area (Å²) in [5.41, 5.74) is 0.981. The maximum atomic E-state index is 12.0. The van der Waals surface area contributed by atoms with Crippen LogP contribution >= 0.6 is 47.3 Å². The standard InChI is InChI=1S/C11H8ClN3OS3/c1-14-6-4-5(12)2-3-7(6)18-10(14)8-9(16)15(13)11(17)19-8/h2-4H,13H2,1H3/b10-8-. The van der Waals surface area contributed by atoms with E-state index in [1.807, 2.05) is 30.1 Å². The second kappa shape index (κ2) is 4.68. The monoisotopic (exact) mass is 329 g/mol. The van der Waals surface area contributed by atoms with E-state index in [1.165, 1.54) is 23.5 Å². The van der Waals surface area contributed by atoms with Gasteiger partial charge >= 0.3 is 0 Å². The largest absolute Gasteiger partial charge is 0.337 e. The maximum Gasteiger partial charge on any atom is 0.283 e. The number of halogens is 1. The number of anilines is 1. The second-order valence-corrected chi connectivity index (χ2v) is 7.06. The Morgan fingerprint density at radius 3 is 2.74 bits per heavy atom. The normalized spacial score (nSPS) is 22.5. The van der Waals surface area contributed by atoms with Gasteiger partial charge in [0.05, 0.1) is 10.7 Å². The lowest BCUT2D eigenvalue weighted by Crippen LogP contribution is -2.35. The Bertz CT molecular complexity index is 646. The van der Waals surface area contributed by atoms with Crippen LogP contribution in [0.3, 0.4) is 0 Å². The molecule has 8 heteroatoms. The van der Waals surface area contributed by atoms with Gasteiger partial charge in [-0.15, -0.1) is 0 Å². The van der Waals surface area contributed by atoms with Gasteiger partial charge in [-0.05, 0) is 18.2 Å². The summed E-state index contributed by atoms with van der Waals surface area (Å²) < 4.78 is 0.371. The molecule has 2 aliphatic heterocycles. The van der Waals surface area contributed by atoms with Gasteiger partial charge in [0.15, 0.2) is 4.32 Å². The number of nitrogens with two attached hydrogens (primary N) is 1. The summed E-state index contributed by atoms with van der Waals surface area (Å²) in [5.74, 6) is 5.33. The van der Waals surface area contributed by atoms with Crippen molar-refractivity contribution in [1.82, 2.24) is 5.01 Å². The summed E-state index contributed by atoms with van der Waals surface area (Å²) in [6.07, 6.45) is 0. The van der Waals surface area contributed by atoms with Gasteiger partial charge < -0.3 is 4.90 Å². The first-order valence-corrected chi connectivity index (χ1v) is 7.67. The molecule has 3 rings (SSSR count). The lowest BCUT2D eigenvalue weighted by molar-refractivity contribution is -0.122. The quantitative estimate of drug-likeness (QED) is 0.342. The average Bonchev–Trinajstić information content (AvgIpc) is 2.83. The minimum Gasteiger partial charge on any atom is -0.337 e. The fraction of sp³-hybridized carbons (Fsp3) is 0.0909. The maximum absolute atomic E-state index is 12.0. The average molecular weight is 330 g/mol. The number of benzene rings is 1. The lowest BCUT2D eigenvalue weighted by Gasteiger charge is -2.14. The summed E-state index contributed by atoms with van der Waals surface area (Å²) in [6.45, 7) is 0. The van der Waals surface area contributed by atoms with Crippen LogP contribution in [0.2, 0.25) is 5.02 Å². The zero-order valence-electron chi connectivity index (χ0n) is 9.71. The third-order valence-corrected chi connectivity index (χ3v) is 5.78. The molecule has 0 atom stereocenters. The van der Waals surface area contributed by atoms with E-state index in [0.717, 1.165) is 20.6 Å². The number of hydrogen-bond acceptors (Lipinski definition) is 6. The van der Waals surface area contributed by atoms with E-state index in [0.29, 0.717) is 14.2 Å². The third kappa shape index (κ3) is 2.05. The molecule has 4 nitrogen and oxygen atoms in total. The summed E-state index contributed by atoms with van der Waals surface area (Å²) in [5, 5.41) is 2.51. The van der Waals surface area contributed by atoms with E-state index in [-0.39, 0.29) is 5.91 Å². The smallest absolute Gasteiger partial charge is 0.283 e. The Morgan fingerprint density at radius 2 is 2.11 bits per heavy atom. The van der Waals surface area contributed by atoms with Gasteiger partial charge in [-0.1, -0.05) is 47.3 Å². The van der Waals surface area contributed by atoms with E-state index < -0.39 is 0 Å². The van der Waals surface area contributed by atoms with Gasteiger partial charge in [0.25, 0.3) is 5.91 Å². The highest BCUT2D eigenvalue weighted by molar-refractivity contribution is 8.27. The van der Waals surface area contributed by atoms with E-state index >= 15 is 0 Å². The molecule has 0 radical (unpaired) electrons. The minimum atomic E-state index is -0.261. The van der Waals surface area contributed by atoms with Gasteiger partial charge in [0, 0.05) is 17.0 Å². The molecule has 1 saturated heterocycles. The number of thiocarbonyl (C=S) groups is 1. The zero-order chi connectivity index (χ0) is 13.7. The van der Waals surface area contributed by atoms with Crippen molar-refractivity contribution in [3.8, 4) is 0 Å². The third-order valence-electron chi connectivity index (χ3n) is 2.79. The number of nitrogens with zero attached hydrogens (tertiary/aromatic N) is 2. The van der Waals surface area contributed by atoms with Gasteiger partial charge in [0.1, 0.15) is 4.91 Å². The van der Waals surface area contributed by atoms with Crippen molar-refractivity contribution >= 4 is 63.3 Å². The zero-order valence-corrected chi connectivity index (χ0v) is 12.9. The predicted molar refractivity (Wildman–Crippen MR) is 84.0 cm³/mol. The molecule has 0 unspecified atom stereocenters. The van der Waals surface area contributed by atoms with Crippen molar-refractivity contribution in [2.75, 3.05) is 11.9 Å². The molecule has 2 heterocycles. The number of hydrogen-bond donors (Lipinski definition) is 1. The molecule has 19 heavy (non-hydrogen) atoms. The molecule has 0 aromatic heterocycles. The first kappa shape index (κ1) is 13.3. The number of thioether (sulfide) groups is 2. The Hall–Kier alpha value is -0.730. The Labute approximate surface area is 128 Å². The van der Waals surface area contributed by atoms with E-state index in [4.69, 9.17) is 29.7 Å². The van der Waals surface area contributed by atoms with Crippen molar-refractivity contribution < 1.29 is 4.79 Å². The molecule has 1 amide bonds. The van der Waals surface area contributed by atoms with Gasteiger partial charge in [-0.3, -0.25) is 4.79 Å². The molecule has 1 aromatic rings. The number of hydrazine groups is 1. The van der Waals surface area contributed by atoms with Crippen LogP contribution in [-0.4, -0.2) is 22.3 Å². The summed E-state index contributed by atoms with van der Waals surface area (Å²) in [6, 6.07) is 5.65. The molecule has 0 bridgehead atoms. The van der Waals surface area contributed by atoms with Crippen molar-refractivity contribution in [2.45, 2.75) is 4.90 Å². The topological polar surface area (TPSA) is 49.6 Å². The first-order chi connectivity index (χ1) is 8.99. The Morgan fingerprint density at radius 1 is 1.37 bits per heavy atom. The van der Waals surface area contributed by atoms with E-state index in [1.54, 1.807) is 0 Å². The van der Waals surface area contributed by atoms with Crippen LogP contribution in [0.5, 0.6) is 0 Å². The fourth-order valence-electron chi connectivity index (χ4n) is 1.83. The van der Waals surface area contributed by atoms with Crippen LogP contribution < -0.4 is 10.7 Å². The number of rotatable bonds is 0. The molecular weight excluding hydrogens is 322 g/mol. The number of fused-ring (bicyclic) bond motifs is 1. The van der Waals surface area contributed by atoms with Crippen molar-refractivity contribution in [3.63, 3.8) is 0 Å². The molecule has 2 N–H and O–H groups in total. The molecule has 0 aliphatic carbocycles. The SMILES string of the molecule is CN1/C(=C2/SC(=S)N(N)C2=O)Sc2ccc(Cl)cc21. The Kier molecular flexibility index (Phi) is 3.26. The predicted octanol–water partition coefficient (Wildman–Crippen LogP) is 2.79. The molecular formula is C11H8ClN3OS3. The van der Waals surface area contributed by atoms with Crippen LogP contribution in [0.25, 0.3) is 0 Å². The summed E-state index contributed by atoms with van der Waals surface area (Å²) >= 11 is 13.8. The van der Waals surface area contributed by atoms with E-state index in [9.17, 15) is 4.79 Å². The molecule has 2 aliphatic rings. The summed E-state index contributed by atoms with van der Waals surface area (Å²) in [7, 11) is 1.90. The van der Waals surface area contributed by atoms with Crippen molar-refractivity contribution in [1.29, 1.82) is 0 Å². The number of carbonyl (C=O) groups excluding carboxylic acids is 1. The number of carbonyl (C=O) groups is 1. The van der Waals surface area contributed by atoms with Crippen LogP contribution in [0.15, 0.2) is 33.0 Å². The van der Waals surface area contributed by atoms with Gasteiger partial charge in [-0.2, -0.15) is 0 Å². The molecule has 0 spiro atoms. The van der Waals surface area contributed by atoms with E-state index in [2.05, 4.69) is 0 Å². The van der Waals surface area contributed by atoms with Crippen LogP contribution in [0.1, 0.15) is 0 Å². The highest BCUT2D eigenvalue weighted by Gasteiger charge is 2.36. The molecule has 1 fully saturated rings. The lowest BCUT2D eigenvalue weighted by atomic mass is 10.3. The highest BCUT2D eigenvalue weighted by atomic mass is 35.5. The first-order valence-electron chi connectivity index (χ1n) is 5.25. The number of amides is 1. The van der Waals surface area contributed by atoms with Crippen LogP contribution in [-0.2, 0) is 4.79 Å². The fourth-order valence-corrected chi connectivity index (χ4v) is 4.40. The van der Waals surface area contributed by atoms with Crippen LogP contribution in [0, 0.1) is 0 Å². The van der Waals surface area contributed by atoms with Gasteiger partial charge in [-0.25, -0.2) is 10.9 Å². The van der Waals surface area contributed by atoms with Crippen molar-refractivity contribution in [3.05, 3.63) is 33.2 Å². The second-order valence-electron chi connectivity index (χ2n) is 3.95. The Balaban J connectivity index is 2.07. The molecule has 1 aromatic carbocycles. The van der Waals surface area contributed by atoms with Crippen LogP contribution in [0.4, 0.5) is 5.69 Å². The van der Waals surface area contributed by atoms with Gasteiger partial charge in [0.2, 0.25) is 0 Å².